The Hall–Kier alpha value is -0.740. The van der Waals surface area contributed by atoms with Crippen LogP contribution in [-0.4, -0.2) is 30.1 Å². The maximum Gasteiger partial charge on any atom is 0.397 e. The largest absolute Gasteiger partial charge is 0.397 e. The van der Waals surface area contributed by atoms with Gasteiger partial charge in [0.1, 0.15) is 6.42 Å². The zero-order valence-corrected chi connectivity index (χ0v) is 7.94. The van der Waals surface area contributed by atoms with Gasteiger partial charge in [-0.2, -0.15) is 13.2 Å². The summed E-state index contributed by atoms with van der Waals surface area (Å²) in [5.41, 5.74) is 0. The summed E-state index contributed by atoms with van der Waals surface area (Å²) in [5, 5.41) is 0. The summed E-state index contributed by atoms with van der Waals surface area (Å²) in [6.45, 7) is 0.962. The standard InChI is InChI=1S/C9H14F3NO/c10-9(11,12)7-8(14)13-5-3-1-2-4-6-13/h1-7H2. The van der Waals surface area contributed by atoms with Crippen LogP contribution >= 0.6 is 0 Å². The van der Waals surface area contributed by atoms with Gasteiger partial charge >= 0.3 is 6.18 Å². The Kier molecular flexibility index (Phi) is 3.77. The van der Waals surface area contributed by atoms with Gasteiger partial charge in [0, 0.05) is 13.1 Å². The smallest absolute Gasteiger partial charge is 0.342 e. The minimum atomic E-state index is -4.37. The molecule has 1 heterocycles. The lowest BCUT2D eigenvalue weighted by atomic mass is 10.2. The summed E-state index contributed by atoms with van der Waals surface area (Å²) in [6, 6.07) is 0. The monoisotopic (exact) mass is 209 g/mol. The molecule has 1 rings (SSSR count). The summed E-state index contributed by atoms with van der Waals surface area (Å²) in [5.74, 6) is -0.778. The van der Waals surface area contributed by atoms with Crippen LogP contribution in [0.1, 0.15) is 32.1 Å². The zero-order chi connectivity index (χ0) is 10.6. The molecule has 0 saturated carbocycles. The number of carbonyl (C=O) groups is 1. The molecule has 14 heavy (non-hydrogen) atoms. The second kappa shape index (κ2) is 4.66. The molecule has 0 unspecified atom stereocenters. The van der Waals surface area contributed by atoms with Gasteiger partial charge < -0.3 is 4.90 Å². The van der Waals surface area contributed by atoms with E-state index in [9.17, 15) is 18.0 Å². The van der Waals surface area contributed by atoms with E-state index >= 15 is 0 Å². The van der Waals surface area contributed by atoms with E-state index in [1.165, 1.54) is 4.90 Å². The Morgan fingerprint density at radius 1 is 1.07 bits per heavy atom. The molecule has 1 amide bonds. The molecule has 2 nitrogen and oxygen atoms in total. The number of hydrogen-bond acceptors (Lipinski definition) is 1. The van der Waals surface area contributed by atoms with Gasteiger partial charge in [0.25, 0.3) is 0 Å². The van der Waals surface area contributed by atoms with Gasteiger partial charge in [-0.1, -0.05) is 12.8 Å². The van der Waals surface area contributed by atoms with Crippen LogP contribution in [0.3, 0.4) is 0 Å². The van der Waals surface area contributed by atoms with Crippen LogP contribution in [0.25, 0.3) is 0 Å². The van der Waals surface area contributed by atoms with Crippen molar-refractivity contribution in [2.75, 3.05) is 13.1 Å². The fourth-order valence-corrected chi connectivity index (χ4v) is 1.60. The highest BCUT2D eigenvalue weighted by Gasteiger charge is 2.33. The van der Waals surface area contributed by atoms with Crippen molar-refractivity contribution in [1.29, 1.82) is 0 Å². The molecule has 0 atom stereocenters. The van der Waals surface area contributed by atoms with Crippen LogP contribution in [0.2, 0.25) is 0 Å². The molecule has 0 N–H and O–H groups in total. The fraction of sp³-hybridized carbons (Fsp3) is 0.889. The van der Waals surface area contributed by atoms with E-state index in [-0.39, 0.29) is 0 Å². The molecule has 0 aromatic rings. The highest BCUT2D eigenvalue weighted by Crippen LogP contribution is 2.21. The van der Waals surface area contributed by atoms with Gasteiger partial charge in [-0.15, -0.1) is 0 Å². The molecular formula is C9H14F3NO. The lowest BCUT2D eigenvalue weighted by Gasteiger charge is -2.20. The summed E-state index contributed by atoms with van der Waals surface area (Å²) in [4.78, 5) is 12.5. The Bertz CT molecular complexity index is 195. The van der Waals surface area contributed by atoms with Crippen LogP contribution < -0.4 is 0 Å². The summed E-state index contributed by atoms with van der Waals surface area (Å²) in [7, 11) is 0. The Morgan fingerprint density at radius 3 is 2.00 bits per heavy atom. The second-order valence-electron chi connectivity index (χ2n) is 3.59. The minimum absolute atomic E-state index is 0.481. The quantitative estimate of drug-likeness (QED) is 0.649. The maximum atomic E-state index is 11.9. The first kappa shape index (κ1) is 11.3. The first-order valence-corrected chi connectivity index (χ1v) is 4.83. The van der Waals surface area contributed by atoms with E-state index < -0.39 is 18.5 Å². The maximum absolute atomic E-state index is 11.9. The third-order valence-electron chi connectivity index (χ3n) is 2.31. The number of likely N-dealkylation sites (tertiary alicyclic amines) is 1. The van der Waals surface area contributed by atoms with E-state index in [0.717, 1.165) is 25.7 Å². The van der Waals surface area contributed by atoms with E-state index in [0.29, 0.717) is 13.1 Å². The van der Waals surface area contributed by atoms with E-state index in [1.807, 2.05) is 0 Å². The summed E-state index contributed by atoms with van der Waals surface area (Å²) >= 11 is 0. The zero-order valence-electron chi connectivity index (χ0n) is 7.94. The molecule has 0 bridgehead atoms. The number of carbonyl (C=O) groups excluding carboxylic acids is 1. The van der Waals surface area contributed by atoms with Crippen molar-refractivity contribution in [3.05, 3.63) is 0 Å². The van der Waals surface area contributed by atoms with Gasteiger partial charge in [-0.3, -0.25) is 4.79 Å². The summed E-state index contributed by atoms with van der Waals surface area (Å²) < 4.78 is 35.7. The van der Waals surface area contributed by atoms with Crippen molar-refractivity contribution < 1.29 is 18.0 Å². The number of rotatable bonds is 1. The lowest BCUT2D eigenvalue weighted by Crippen LogP contribution is -2.34. The van der Waals surface area contributed by atoms with Crippen molar-refractivity contribution in [2.24, 2.45) is 0 Å². The van der Waals surface area contributed by atoms with Crippen molar-refractivity contribution in [1.82, 2.24) is 4.90 Å². The highest BCUT2D eigenvalue weighted by molar-refractivity contribution is 5.76. The molecule has 82 valence electrons. The Labute approximate surface area is 81.1 Å². The van der Waals surface area contributed by atoms with Crippen molar-refractivity contribution in [2.45, 2.75) is 38.3 Å². The molecule has 1 aliphatic rings. The third kappa shape index (κ3) is 3.98. The minimum Gasteiger partial charge on any atom is -0.342 e. The molecule has 0 aromatic carbocycles. The van der Waals surface area contributed by atoms with Crippen molar-refractivity contribution in [3.63, 3.8) is 0 Å². The first-order valence-electron chi connectivity index (χ1n) is 4.83. The topological polar surface area (TPSA) is 20.3 Å². The van der Waals surface area contributed by atoms with Crippen LogP contribution in [0, 0.1) is 0 Å². The molecule has 0 aromatic heterocycles. The number of nitrogens with zero attached hydrogens (tertiary/aromatic N) is 1. The van der Waals surface area contributed by atoms with Gasteiger partial charge in [-0.25, -0.2) is 0 Å². The van der Waals surface area contributed by atoms with Crippen LogP contribution in [0.15, 0.2) is 0 Å². The highest BCUT2D eigenvalue weighted by atomic mass is 19.4. The third-order valence-corrected chi connectivity index (χ3v) is 2.31. The molecule has 0 aliphatic carbocycles. The van der Waals surface area contributed by atoms with Gasteiger partial charge in [0.15, 0.2) is 0 Å². The second-order valence-corrected chi connectivity index (χ2v) is 3.59. The van der Waals surface area contributed by atoms with Crippen LogP contribution in [0.4, 0.5) is 13.2 Å². The van der Waals surface area contributed by atoms with E-state index in [4.69, 9.17) is 0 Å². The fourth-order valence-electron chi connectivity index (χ4n) is 1.60. The SMILES string of the molecule is O=C(CC(F)(F)F)N1CCCCCC1. The molecule has 1 aliphatic heterocycles. The van der Waals surface area contributed by atoms with E-state index in [2.05, 4.69) is 0 Å². The van der Waals surface area contributed by atoms with E-state index in [1.54, 1.807) is 0 Å². The number of halogens is 3. The molecule has 0 spiro atoms. The van der Waals surface area contributed by atoms with Crippen molar-refractivity contribution >= 4 is 5.91 Å². The molecular weight excluding hydrogens is 195 g/mol. The molecule has 1 fully saturated rings. The molecule has 0 radical (unpaired) electrons. The van der Waals surface area contributed by atoms with Gasteiger partial charge in [-0.05, 0) is 12.8 Å². The number of amides is 1. The Balaban J connectivity index is 2.42. The van der Waals surface area contributed by atoms with Crippen molar-refractivity contribution in [3.8, 4) is 0 Å². The Morgan fingerprint density at radius 2 is 1.57 bits per heavy atom. The number of alkyl halides is 3. The molecule has 5 heteroatoms. The average molecular weight is 209 g/mol. The summed E-state index contributed by atoms with van der Waals surface area (Å²) in [6.07, 6.45) is -2.02. The molecule has 1 saturated heterocycles. The van der Waals surface area contributed by atoms with Crippen LogP contribution in [-0.2, 0) is 4.79 Å². The van der Waals surface area contributed by atoms with Crippen LogP contribution in [0.5, 0.6) is 0 Å². The van der Waals surface area contributed by atoms with Gasteiger partial charge in [0.05, 0.1) is 0 Å². The first-order chi connectivity index (χ1) is 6.49. The predicted molar refractivity (Wildman–Crippen MR) is 45.7 cm³/mol. The normalized spacial score (nSPS) is 19.2. The van der Waals surface area contributed by atoms with Gasteiger partial charge in [0.2, 0.25) is 5.91 Å². The lowest BCUT2D eigenvalue weighted by molar-refractivity contribution is -0.161. The predicted octanol–water partition coefficient (Wildman–Crippen LogP) is 2.34. The average Bonchev–Trinajstić information content (AvgIpc) is 2.27. The number of hydrogen-bond donors (Lipinski definition) is 0.